The van der Waals surface area contributed by atoms with Crippen molar-refractivity contribution in [3.8, 4) is 0 Å². The summed E-state index contributed by atoms with van der Waals surface area (Å²) in [4.78, 5) is 63.5. The summed E-state index contributed by atoms with van der Waals surface area (Å²) >= 11 is 0. The lowest BCUT2D eigenvalue weighted by Crippen LogP contribution is -2.55. The molecular formula is C35H46O11. The molecule has 0 bridgehead atoms. The molecule has 1 N–H and O–H groups in total. The normalized spacial score (nSPS) is 34.2. The van der Waals surface area contributed by atoms with Crippen molar-refractivity contribution in [2.45, 2.75) is 105 Å². The third kappa shape index (κ3) is 8.23. The largest absolute Gasteiger partial charge is 0.459 e. The van der Waals surface area contributed by atoms with Crippen molar-refractivity contribution in [3.05, 3.63) is 59.7 Å². The lowest BCUT2D eigenvalue weighted by atomic mass is 9.74. The summed E-state index contributed by atoms with van der Waals surface area (Å²) in [6.45, 7) is 13.6. The molecule has 0 spiro atoms. The van der Waals surface area contributed by atoms with Gasteiger partial charge in [-0.1, -0.05) is 64.1 Å². The van der Waals surface area contributed by atoms with Crippen LogP contribution in [0.4, 0.5) is 0 Å². The van der Waals surface area contributed by atoms with Crippen LogP contribution in [-0.4, -0.2) is 71.1 Å². The van der Waals surface area contributed by atoms with Gasteiger partial charge in [-0.2, -0.15) is 0 Å². The van der Waals surface area contributed by atoms with E-state index in [1.807, 2.05) is 6.92 Å². The van der Waals surface area contributed by atoms with Crippen molar-refractivity contribution in [2.75, 3.05) is 0 Å². The van der Waals surface area contributed by atoms with Gasteiger partial charge in [-0.25, -0.2) is 4.79 Å². The number of hydrogen-bond acceptors (Lipinski definition) is 11. The third-order valence-corrected chi connectivity index (χ3v) is 8.62. The maximum atomic E-state index is 13.4. The molecule has 0 aliphatic heterocycles. The number of rotatable bonds is 6. The van der Waals surface area contributed by atoms with E-state index in [0.717, 1.165) is 0 Å². The standard InChI is InChI=1S/C35H46O11/c1-19-15-16-34(8,9)32(44-24(6)38)28(40)30(42-22(4)36)20(2)17-27-29(45-33(41)26-13-11-10-12-14-26)21(3)18-35(27,46-25(7)39)31(19)43-23(5)37/h10-17,19,21,27-32,40H,18H2,1-9H3/b16-15-,20-17+/t19-,21+,27-,28-,29-,30-,31+,32+,35+/m0/s1. The van der Waals surface area contributed by atoms with E-state index in [1.54, 1.807) is 76.3 Å². The first-order chi connectivity index (χ1) is 21.4. The molecule has 0 saturated heterocycles. The minimum absolute atomic E-state index is 0.143. The zero-order valence-corrected chi connectivity index (χ0v) is 28.0. The van der Waals surface area contributed by atoms with E-state index in [2.05, 4.69) is 0 Å². The number of benzene rings is 1. The molecule has 0 amide bonds. The molecule has 1 aromatic carbocycles. The van der Waals surface area contributed by atoms with Gasteiger partial charge in [0.25, 0.3) is 0 Å². The van der Waals surface area contributed by atoms with Crippen LogP contribution in [0.25, 0.3) is 0 Å². The molecular weight excluding hydrogens is 596 g/mol. The number of fused-ring (bicyclic) bond motifs is 1. The number of carbonyl (C=O) groups excluding carboxylic acids is 5. The lowest BCUT2D eigenvalue weighted by Gasteiger charge is -2.44. The molecule has 46 heavy (non-hydrogen) atoms. The number of carbonyl (C=O) groups is 5. The van der Waals surface area contributed by atoms with Crippen molar-refractivity contribution in [2.24, 2.45) is 23.2 Å². The highest BCUT2D eigenvalue weighted by atomic mass is 16.6. The van der Waals surface area contributed by atoms with Crippen molar-refractivity contribution in [3.63, 3.8) is 0 Å². The molecule has 1 fully saturated rings. The van der Waals surface area contributed by atoms with E-state index in [-0.39, 0.29) is 6.42 Å². The Balaban J connectivity index is 2.36. The molecule has 0 heterocycles. The van der Waals surface area contributed by atoms with Crippen LogP contribution in [0.3, 0.4) is 0 Å². The van der Waals surface area contributed by atoms with Crippen LogP contribution in [0.15, 0.2) is 54.1 Å². The first kappa shape index (κ1) is 36.5. The van der Waals surface area contributed by atoms with E-state index in [0.29, 0.717) is 11.1 Å². The van der Waals surface area contributed by atoms with Crippen LogP contribution in [0.2, 0.25) is 0 Å². The summed E-state index contributed by atoms with van der Waals surface area (Å²) in [5.74, 6) is -5.18. The van der Waals surface area contributed by atoms with E-state index < -0.39 is 89.1 Å². The zero-order chi connectivity index (χ0) is 34.6. The van der Waals surface area contributed by atoms with Gasteiger partial charge in [0.05, 0.1) is 11.5 Å². The van der Waals surface area contributed by atoms with Crippen molar-refractivity contribution in [1.29, 1.82) is 0 Å². The number of aliphatic hydroxyl groups excluding tert-OH is 1. The molecule has 2 aliphatic rings. The molecule has 11 heteroatoms. The smallest absolute Gasteiger partial charge is 0.338 e. The van der Waals surface area contributed by atoms with E-state index in [9.17, 15) is 29.1 Å². The van der Waals surface area contributed by atoms with Gasteiger partial charge in [0.1, 0.15) is 24.4 Å². The molecule has 2 aliphatic carbocycles. The lowest BCUT2D eigenvalue weighted by molar-refractivity contribution is -0.195. The van der Waals surface area contributed by atoms with Gasteiger partial charge < -0.3 is 28.8 Å². The van der Waals surface area contributed by atoms with E-state index in [4.69, 9.17) is 23.7 Å². The second-order valence-corrected chi connectivity index (χ2v) is 13.0. The molecule has 11 nitrogen and oxygen atoms in total. The second-order valence-electron chi connectivity index (χ2n) is 13.0. The van der Waals surface area contributed by atoms with Gasteiger partial charge in [0, 0.05) is 39.0 Å². The van der Waals surface area contributed by atoms with Crippen molar-refractivity contribution in [1.82, 2.24) is 0 Å². The van der Waals surface area contributed by atoms with Gasteiger partial charge in [0.15, 0.2) is 11.7 Å². The van der Waals surface area contributed by atoms with Gasteiger partial charge in [-0.05, 0) is 37.0 Å². The fraction of sp³-hybridized carbons (Fsp3) is 0.571. The summed E-state index contributed by atoms with van der Waals surface area (Å²) in [6.07, 6.45) is -0.769. The Morgan fingerprint density at radius 3 is 1.91 bits per heavy atom. The van der Waals surface area contributed by atoms with Crippen LogP contribution in [0.1, 0.15) is 79.1 Å². The highest BCUT2D eigenvalue weighted by molar-refractivity contribution is 5.89. The topological polar surface area (TPSA) is 152 Å². The van der Waals surface area contributed by atoms with Gasteiger partial charge >= 0.3 is 29.8 Å². The third-order valence-electron chi connectivity index (χ3n) is 8.62. The first-order valence-electron chi connectivity index (χ1n) is 15.4. The van der Waals surface area contributed by atoms with Crippen LogP contribution < -0.4 is 0 Å². The molecule has 0 radical (unpaired) electrons. The summed E-state index contributed by atoms with van der Waals surface area (Å²) in [5.41, 5.74) is -1.96. The number of ether oxygens (including phenoxy) is 5. The monoisotopic (exact) mass is 642 g/mol. The summed E-state index contributed by atoms with van der Waals surface area (Å²) < 4.78 is 29.5. The Kier molecular flexibility index (Phi) is 11.6. The van der Waals surface area contributed by atoms with Crippen LogP contribution >= 0.6 is 0 Å². The predicted octanol–water partition coefficient (Wildman–Crippen LogP) is 4.50. The maximum Gasteiger partial charge on any atom is 0.338 e. The highest BCUT2D eigenvalue weighted by Crippen LogP contribution is 2.51. The molecule has 252 valence electrons. The fourth-order valence-corrected chi connectivity index (χ4v) is 6.73. The zero-order valence-electron chi connectivity index (χ0n) is 28.0. The first-order valence-corrected chi connectivity index (χ1v) is 15.4. The highest BCUT2D eigenvalue weighted by Gasteiger charge is 2.62. The number of hydrogen-bond donors (Lipinski definition) is 1. The molecule has 3 rings (SSSR count). The minimum atomic E-state index is -1.55. The predicted molar refractivity (Wildman–Crippen MR) is 166 cm³/mol. The Morgan fingerprint density at radius 2 is 1.37 bits per heavy atom. The molecule has 0 unspecified atom stereocenters. The van der Waals surface area contributed by atoms with Crippen molar-refractivity contribution >= 4 is 29.8 Å². The average molecular weight is 643 g/mol. The minimum Gasteiger partial charge on any atom is -0.459 e. The average Bonchev–Trinajstić information content (AvgIpc) is 3.20. The SMILES string of the molecule is CC(=O)O[C@@H]1[C@@H](O)[C@@H](OC(C)=O)/C(C)=C/[C@H]2[C@@H](OC(=O)c3ccccc3)[C@H](C)C[C@]2(OC(C)=O)[C@H](OC(C)=O)[C@@H](C)/C=C\C1(C)C. The number of aliphatic hydroxyl groups is 1. The Hall–Kier alpha value is -3.99. The van der Waals surface area contributed by atoms with Crippen LogP contribution in [0.5, 0.6) is 0 Å². The fourth-order valence-electron chi connectivity index (χ4n) is 6.73. The Labute approximate surface area is 270 Å². The van der Waals surface area contributed by atoms with E-state index >= 15 is 0 Å². The van der Waals surface area contributed by atoms with Gasteiger partial charge in [-0.15, -0.1) is 0 Å². The quantitative estimate of drug-likeness (QED) is 0.265. The molecule has 1 aromatic rings. The van der Waals surface area contributed by atoms with Crippen molar-refractivity contribution < 1.29 is 52.8 Å². The second kappa shape index (κ2) is 14.6. The van der Waals surface area contributed by atoms with Gasteiger partial charge in [0.2, 0.25) is 0 Å². The molecule has 9 atom stereocenters. The number of esters is 5. The maximum absolute atomic E-state index is 13.4. The summed E-state index contributed by atoms with van der Waals surface area (Å²) in [7, 11) is 0. The summed E-state index contributed by atoms with van der Waals surface area (Å²) in [6, 6.07) is 8.40. The summed E-state index contributed by atoms with van der Waals surface area (Å²) in [5, 5.41) is 11.7. The van der Waals surface area contributed by atoms with Crippen LogP contribution in [0, 0.1) is 23.2 Å². The molecule has 1 saturated carbocycles. The Bertz CT molecular complexity index is 1360. The van der Waals surface area contributed by atoms with E-state index in [1.165, 1.54) is 27.7 Å². The Morgan fingerprint density at radius 1 is 0.804 bits per heavy atom. The van der Waals surface area contributed by atoms with Crippen LogP contribution in [-0.2, 0) is 42.9 Å². The molecule has 0 aromatic heterocycles. The van der Waals surface area contributed by atoms with Gasteiger partial charge in [-0.3, -0.25) is 19.2 Å².